The van der Waals surface area contributed by atoms with E-state index in [1.54, 1.807) is 12.1 Å². The summed E-state index contributed by atoms with van der Waals surface area (Å²) in [6.45, 7) is 4.39. The number of likely N-dealkylation sites (tertiary alicyclic amines) is 1. The Labute approximate surface area is 148 Å². The predicted molar refractivity (Wildman–Crippen MR) is 97.3 cm³/mol. The fourth-order valence-corrected chi connectivity index (χ4v) is 3.55. The van der Waals surface area contributed by atoms with Crippen LogP contribution in [0.4, 0.5) is 4.39 Å². The normalized spacial score (nSPS) is 22.0. The highest BCUT2D eigenvalue weighted by molar-refractivity contribution is 5.85. The summed E-state index contributed by atoms with van der Waals surface area (Å²) in [6.07, 6.45) is 5.68. The predicted octanol–water partition coefficient (Wildman–Crippen LogP) is 1.90. The molecule has 1 unspecified atom stereocenters. The molecular weight excluding hydrogens is 319 g/mol. The Bertz CT molecular complexity index is 582. The second kappa shape index (κ2) is 9.06. The molecule has 25 heavy (non-hydrogen) atoms. The molecule has 1 amide bonds. The van der Waals surface area contributed by atoms with Gasteiger partial charge in [0.1, 0.15) is 5.82 Å². The van der Waals surface area contributed by atoms with E-state index in [-0.39, 0.29) is 17.8 Å². The first-order valence-electron chi connectivity index (χ1n) is 9.19. The molecule has 2 aliphatic rings. The molecule has 1 aromatic rings. The molecule has 0 aliphatic carbocycles. The van der Waals surface area contributed by atoms with Crippen LogP contribution in [0.15, 0.2) is 29.3 Å². The maximum Gasteiger partial charge on any atom is 0.237 e. The summed E-state index contributed by atoms with van der Waals surface area (Å²) in [7, 11) is 0. The van der Waals surface area contributed by atoms with Gasteiger partial charge in [-0.3, -0.25) is 15.1 Å². The Morgan fingerprint density at radius 1 is 1.28 bits per heavy atom. The molecule has 3 rings (SSSR count). The number of amides is 1. The van der Waals surface area contributed by atoms with Crippen LogP contribution in [0.25, 0.3) is 0 Å². The zero-order valence-electron chi connectivity index (χ0n) is 14.6. The standard InChI is InChI=1S/C19H27FN4O/c20-17-4-2-15(3-5-17)16-7-12-24(13-8-16)11-1-9-22-19(25)18-6-10-21-14-23-18/h2-5,10,16,18,23H,1,6-9,11-14H2,(H,22,25). The second-order valence-electron chi connectivity index (χ2n) is 6.83. The summed E-state index contributed by atoms with van der Waals surface area (Å²) in [6, 6.07) is 6.79. The fraction of sp³-hybridized carbons (Fsp3) is 0.579. The molecule has 1 saturated heterocycles. The van der Waals surface area contributed by atoms with Crippen molar-refractivity contribution in [1.29, 1.82) is 0 Å². The topological polar surface area (TPSA) is 56.7 Å². The molecule has 0 saturated carbocycles. The van der Waals surface area contributed by atoms with Crippen molar-refractivity contribution in [2.45, 2.75) is 37.6 Å². The summed E-state index contributed by atoms with van der Waals surface area (Å²) >= 11 is 0. The van der Waals surface area contributed by atoms with Crippen LogP contribution < -0.4 is 10.6 Å². The molecule has 0 aromatic heterocycles. The quantitative estimate of drug-likeness (QED) is 0.774. The van der Waals surface area contributed by atoms with Crippen molar-refractivity contribution in [3.63, 3.8) is 0 Å². The maximum absolute atomic E-state index is 13.0. The number of carbonyl (C=O) groups excluding carboxylic acids is 1. The van der Waals surface area contributed by atoms with Gasteiger partial charge in [-0.25, -0.2) is 4.39 Å². The lowest BCUT2D eigenvalue weighted by molar-refractivity contribution is -0.123. The number of nitrogens with zero attached hydrogens (tertiary/aromatic N) is 2. The molecule has 6 heteroatoms. The molecule has 0 radical (unpaired) electrons. The van der Waals surface area contributed by atoms with E-state index >= 15 is 0 Å². The number of hydrogen-bond donors (Lipinski definition) is 2. The zero-order chi connectivity index (χ0) is 17.5. The summed E-state index contributed by atoms with van der Waals surface area (Å²) < 4.78 is 13.0. The zero-order valence-corrected chi connectivity index (χ0v) is 14.6. The molecule has 2 aliphatic heterocycles. The Hall–Kier alpha value is -1.79. The van der Waals surface area contributed by atoms with Crippen LogP contribution in [0, 0.1) is 5.82 Å². The van der Waals surface area contributed by atoms with Gasteiger partial charge in [-0.1, -0.05) is 12.1 Å². The van der Waals surface area contributed by atoms with Crippen LogP contribution in [0.3, 0.4) is 0 Å². The Kier molecular flexibility index (Phi) is 6.53. The van der Waals surface area contributed by atoms with E-state index in [0.29, 0.717) is 25.6 Å². The van der Waals surface area contributed by atoms with E-state index < -0.39 is 0 Å². The first-order chi connectivity index (χ1) is 12.2. The van der Waals surface area contributed by atoms with Crippen LogP contribution in [0.1, 0.15) is 37.2 Å². The van der Waals surface area contributed by atoms with Gasteiger partial charge < -0.3 is 10.2 Å². The highest BCUT2D eigenvalue weighted by Crippen LogP contribution is 2.27. The number of nitrogens with one attached hydrogen (secondary N) is 2. The van der Waals surface area contributed by atoms with Crippen molar-refractivity contribution in [2.75, 3.05) is 32.8 Å². The van der Waals surface area contributed by atoms with E-state index in [2.05, 4.69) is 20.5 Å². The van der Waals surface area contributed by atoms with E-state index in [4.69, 9.17) is 0 Å². The van der Waals surface area contributed by atoms with Gasteiger partial charge in [-0.15, -0.1) is 0 Å². The van der Waals surface area contributed by atoms with Gasteiger partial charge in [0.05, 0.1) is 12.7 Å². The fourth-order valence-electron chi connectivity index (χ4n) is 3.55. The monoisotopic (exact) mass is 346 g/mol. The highest BCUT2D eigenvalue weighted by atomic mass is 19.1. The third kappa shape index (κ3) is 5.34. The average molecular weight is 346 g/mol. The lowest BCUT2D eigenvalue weighted by Gasteiger charge is -2.32. The maximum atomic E-state index is 13.0. The largest absolute Gasteiger partial charge is 0.355 e. The lowest BCUT2D eigenvalue weighted by atomic mass is 9.89. The number of benzene rings is 1. The van der Waals surface area contributed by atoms with Gasteiger partial charge in [-0.05, 0) is 62.5 Å². The van der Waals surface area contributed by atoms with Crippen molar-refractivity contribution in [3.05, 3.63) is 35.6 Å². The van der Waals surface area contributed by atoms with Crippen molar-refractivity contribution >= 4 is 12.1 Å². The number of aliphatic imine (C=N–C) groups is 1. The molecule has 136 valence electrons. The van der Waals surface area contributed by atoms with Crippen LogP contribution in [-0.4, -0.2) is 55.9 Å². The van der Waals surface area contributed by atoms with Crippen LogP contribution in [0.2, 0.25) is 0 Å². The Morgan fingerprint density at radius 3 is 2.72 bits per heavy atom. The number of carbonyl (C=O) groups is 1. The van der Waals surface area contributed by atoms with E-state index in [9.17, 15) is 9.18 Å². The molecule has 5 nitrogen and oxygen atoms in total. The number of rotatable bonds is 6. The van der Waals surface area contributed by atoms with E-state index in [1.807, 2.05) is 18.3 Å². The lowest BCUT2D eigenvalue weighted by Crippen LogP contribution is -2.46. The van der Waals surface area contributed by atoms with Gasteiger partial charge >= 0.3 is 0 Å². The van der Waals surface area contributed by atoms with Gasteiger partial charge in [0.2, 0.25) is 5.91 Å². The molecule has 1 atom stereocenters. The minimum absolute atomic E-state index is 0.0705. The summed E-state index contributed by atoms with van der Waals surface area (Å²) in [5, 5.41) is 6.10. The van der Waals surface area contributed by atoms with Crippen LogP contribution >= 0.6 is 0 Å². The van der Waals surface area contributed by atoms with Crippen LogP contribution in [-0.2, 0) is 4.79 Å². The second-order valence-corrected chi connectivity index (χ2v) is 6.83. The third-order valence-corrected chi connectivity index (χ3v) is 5.10. The molecule has 1 aromatic carbocycles. The van der Waals surface area contributed by atoms with Crippen LogP contribution in [0.5, 0.6) is 0 Å². The number of hydrogen-bond acceptors (Lipinski definition) is 4. The molecular formula is C19H27FN4O. The SMILES string of the molecule is O=C(NCCCN1CCC(c2ccc(F)cc2)CC1)C1CC=NCN1. The minimum atomic E-state index is -0.168. The third-order valence-electron chi connectivity index (χ3n) is 5.10. The summed E-state index contributed by atoms with van der Waals surface area (Å²) in [5.41, 5.74) is 1.25. The molecule has 1 fully saturated rings. The Balaban J connectivity index is 1.31. The van der Waals surface area contributed by atoms with Crippen molar-refractivity contribution in [1.82, 2.24) is 15.5 Å². The van der Waals surface area contributed by atoms with Gasteiger partial charge in [0.25, 0.3) is 0 Å². The van der Waals surface area contributed by atoms with Crippen molar-refractivity contribution in [3.8, 4) is 0 Å². The molecule has 2 N–H and O–H groups in total. The first-order valence-corrected chi connectivity index (χ1v) is 9.19. The summed E-state index contributed by atoms with van der Waals surface area (Å²) in [5.74, 6) is 0.440. The minimum Gasteiger partial charge on any atom is -0.355 e. The molecule has 0 spiro atoms. The number of piperidine rings is 1. The van der Waals surface area contributed by atoms with E-state index in [1.165, 1.54) is 5.56 Å². The average Bonchev–Trinajstić information content (AvgIpc) is 2.67. The van der Waals surface area contributed by atoms with Gasteiger partial charge in [0.15, 0.2) is 0 Å². The summed E-state index contributed by atoms with van der Waals surface area (Å²) in [4.78, 5) is 18.5. The number of halogens is 1. The van der Waals surface area contributed by atoms with E-state index in [0.717, 1.165) is 38.9 Å². The molecule has 2 heterocycles. The highest BCUT2D eigenvalue weighted by Gasteiger charge is 2.21. The van der Waals surface area contributed by atoms with Crippen molar-refractivity contribution < 1.29 is 9.18 Å². The Morgan fingerprint density at radius 2 is 2.04 bits per heavy atom. The molecule has 0 bridgehead atoms. The van der Waals surface area contributed by atoms with Gasteiger partial charge in [-0.2, -0.15) is 0 Å². The smallest absolute Gasteiger partial charge is 0.237 e. The first kappa shape index (κ1) is 18.0. The van der Waals surface area contributed by atoms with Gasteiger partial charge in [0, 0.05) is 19.2 Å². The van der Waals surface area contributed by atoms with Crippen molar-refractivity contribution in [2.24, 2.45) is 4.99 Å².